The highest BCUT2D eigenvalue weighted by Crippen LogP contribution is 2.27. The average molecular weight is 419 g/mol. The third-order valence-electron chi connectivity index (χ3n) is 4.29. The van der Waals surface area contributed by atoms with E-state index in [1.54, 1.807) is 43.5 Å². The molecule has 2 atom stereocenters. The second-order valence-corrected chi connectivity index (χ2v) is 8.00. The fourth-order valence-corrected chi connectivity index (χ4v) is 3.76. The molecule has 8 heteroatoms. The van der Waals surface area contributed by atoms with Crippen molar-refractivity contribution >= 4 is 35.3 Å². The molecule has 156 valence electrons. The Morgan fingerprint density at radius 3 is 2.41 bits per heavy atom. The summed E-state index contributed by atoms with van der Waals surface area (Å²) in [4.78, 5) is 50.8. The third kappa shape index (κ3) is 5.69. The minimum absolute atomic E-state index is 0.0774. The van der Waals surface area contributed by atoms with Crippen molar-refractivity contribution in [1.82, 2.24) is 10.0 Å². The van der Waals surface area contributed by atoms with Crippen LogP contribution in [0.1, 0.15) is 39.7 Å². The quantitative estimate of drug-likeness (QED) is 0.477. The summed E-state index contributed by atoms with van der Waals surface area (Å²) in [6, 6.07) is 7.83. The summed E-state index contributed by atoms with van der Waals surface area (Å²) < 4.78 is 5.07. The Balaban J connectivity index is 2.44. The van der Waals surface area contributed by atoms with Crippen molar-refractivity contribution in [2.45, 2.75) is 57.9 Å². The van der Waals surface area contributed by atoms with Crippen LogP contribution in [0.25, 0.3) is 0 Å². The number of rotatable bonds is 8. The van der Waals surface area contributed by atoms with Gasteiger partial charge in [0.05, 0.1) is 11.4 Å². The van der Waals surface area contributed by atoms with Crippen LogP contribution in [0.3, 0.4) is 0 Å². The number of nitrogens with zero attached hydrogens (tertiary/aromatic N) is 2. The first kappa shape index (κ1) is 22.7. The van der Waals surface area contributed by atoms with Gasteiger partial charge in [-0.3, -0.25) is 14.4 Å². The van der Waals surface area contributed by atoms with Gasteiger partial charge in [-0.2, -0.15) is 0 Å². The maximum Gasteiger partial charge on any atom is 0.377 e. The molecule has 1 unspecified atom stereocenters. The summed E-state index contributed by atoms with van der Waals surface area (Å²) in [7, 11) is 0. The van der Waals surface area contributed by atoms with E-state index in [0.29, 0.717) is 6.42 Å². The average Bonchev–Trinajstić information content (AvgIpc) is 2.68. The van der Waals surface area contributed by atoms with Crippen LogP contribution >= 0.6 is 11.8 Å². The molecule has 0 aliphatic carbocycles. The van der Waals surface area contributed by atoms with E-state index in [1.165, 1.54) is 24.9 Å². The highest BCUT2D eigenvalue weighted by Gasteiger charge is 2.40. The SMILES string of the molecule is CCC1SC=CN(N(C(C)=O)[C@@H](Cc2ccccc2)C(=O)C(=O)OC(C)C)C1=O. The predicted molar refractivity (Wildman–Crippen MR) is 110 cm³/mol. The Bertz CT molecular complexity index is 794. The molecule has 0 bridgehead atoms. The summed E-state index contributed by atoms with van der Waals surface area (Å²) in [6.45, 7) is 6.42. The second kappa shape index (κ2) is 10.2. The molecule has 1 aliphatic rings. The van der Waals surface area contributed by atoms with Crippen LogP contribution in [0.2, 0.25) is 0 Å². The van der Waals surface area contributed by atoms with Gasteiger partial charge >= 0.3 is 5.97 Å². The van der Waals surface area contributed by atoms with E-state index < -0.39 is 29.8 Å². The number of esters is 1. The molecule has 29 heavy (non-hydrogen) atoms. The number of carbonyl (C=O) groups excluding carboxylic acids is 4. The third-order valence-corrected chi connectivity index (χ3v) is 5.43. The standard InChI is InChI=1S/C21H26N2O5S/c1-5-18-20(26)22(11-12-29-18)23(15(4)24)17(13-16-9-7-6-8-10-16)19(25)21(27)28-14(2)3/h6-12,14,17-18H,5,13H2,1-4H3/t17-,18?/m0/s1. The Morgan fingerprint density at radius 1 is 1.21 bits per heavy atom. The van der Waals surface area contributed by atoms with Gasteiger partial charge in [-0.05, 0) is 31.2 Å². The molecule has 0 radical (unpaired) electrons. The zero-order valence-corrected chi connectivity index (χ0v) is 17.8. The van der Waals surface area contributed by atoms with E-state index in [-0.39, 0.29) is 17.6 Å². The number of ether oxygens (including phenoxy) is 1. The van der Waals surface area contributed by atoms with Crippen LogP contribution in [0.5, 0.6) is 0 Å². The van der Waals surface area contributed by atoms with Gasteiger partial charge in [-0.1, -0.05) is 37.3 Å². The number of carbonyl (C=O) groups is 4. The minimum atomic E-state index is -1.20. The number of hydrogen-bond donors (Lipinski definition) is 0. The monoisotopic (exact) mass is 418 g/mol. The normalized spacial score (nSPS) is 17.2. The Morgan fingerprint density at radius 2 is 1.86 bits per heavy atom. The van der Waals surface area contributed by atoms with E-state index in [2.05, 4.69) is 0 Å². The number of amides is 2. The summed E-state index contributed by atoms with van der Waals surface area (Å²) in [5.41, 5.74) is 0.754. The van der Waals surface area contributed by atoms with Crippen molar-refractivity contribution in [3.05, 3.63) is 47.5 Å². The molecule has 7 nitrogen and oxygen atoms in total. The number of hydrazine groups is 1. The van der Waals surface area contributed by atoms with Crippen molar-refractivity contribution in [3.8, 4) is 0 Å². The van der Waals surface area contributed by atoms with Gasteiger partial charge < -0.3 is 4.74 Å². The molecule has 0 fully saturated rings. The molecule has 0 saturated heterocycles. The molecule has 1 aromatic rings. The number of benzene rings is 1. The van der Waals surface area contributed by atoms with Gasteiger partial charge in [-0.15, -0.1) is 11.8 Å². The summed E-state index contributed by atoms with van der Waals surface area (Å²) in [6.07, 6.45) is 1.63. The van der Waals surface area contributed by atoms with Crippen LogP contribution in [-0.2, 0) is 30.3 Å². The highest BCUT2D eigenvalue weighted by molar-refractivity contribution is 8.03. The van der Waals surface area contributed by atoms with Crippen molar-refractivity contribution in [2.75, 3.05) is 0 Å². The Kier molecular flexibility index (Phi) is 8.01. The van der Waals surface area contributed by atoms with Crippen LogP contribution in [0.15, 0.2) is 41.9 Å². The minimum Gasteiger partial charge on any atom is -0.457 e. The second-order valence-electron chi connectivity index (χ2n) is 6.89. The van der Waals surface area contributed by atoms with Crippen LogP contribution in [-0.4, -0.2) is 51.0 Å². The summed E-state index contributed by atoms with van der Waals surface area (Å²) in [5.74, 6) is -2.72. The lowest BCUT2D eigenvalue weighted by atomic mass is 10.0. The molecule has 0 aromatic heterocycles. The van der Waals surface area contributed by atoms with Crippen LogP contribution in [0.4, 0.5) is 0 Å². The lowest BCUT2D eigenvalue weighted by Crippen LogP contribution is -2.58. The lowest BCUT2D eigenvalue weighted by Gasteiger charge is -2.39. The Hall–Kier alpha value is -2.61. The van der Waals surface area contributed by atoms with Crippen LogP contribution in [0, 0.1) is 0 Å². The zero-order valence-electron chi connectivity index (χ0n) is 17.0. The lowest BCUT2D eigenvalue weighted by molar-refractivity contribution is -0.170. The topological polar surface area (TPSA) is 84.0 Å². The van der Waals surface area contributed by atoms with E-state index in [0.717, 1.165) is 15.6 Å². The van der Waals surface area contributed by atoms with Crippen molar-refractivity contribution in [1.29, 1.82) is 0 Å². The zero-order chi connectivity index (χ0) is 21.6. The van der Waals surface area contributed by atoms with Gasteiger partial charge in [0.25, 0.3) is 11.7 Å². The molecule has 2 amide bonds. The first-order chi connectivity index (χ1) is 13.8. The van der Waals surface area contributed by atoms with E-state index in [4.69, 9.17) is 4.74 Å². The van der Waals surface area contributed by atoms with Gasteiger partial charge in [0.2, 0.25) is 5.91 Å². The number of hydrogen-bond acceptors (Lipinski definition) is 6. The van der Waals surface area contributed by atoms with Gasteiger partial charge in [0.15, 0.2) is 0 Å². The molecular weight excluding hydrogens is 392 g/mol. The smallest absolute Gasteiger partial charge is 0.377 e. The van der Waals surface area contributed by atoms with Gasteiger partial charge in [0, 0.05) is 19.5 Å². The molecule has 1 aromatic carbocycles. The van der Waals surface area contributed by atoms with Gasteiger partial charge in [-0.25, -0.2) is 14.8 Å². The summed E-state index contributed by atoms with van der Waals surface area (Å²) >= 11 is 1.36. The predicted octanol–water partition coefficient (Wildman–Crippen LogP) is 2.71. The fourth-order valence-electron chi connectivity index (χ4n) is 2.97. The number of thioether (sulfide) groups is 1. The molecule has 1 aliphatic heterocycles. The molecular formula is C21H26N2O5S. The van der Waals surface area contributed by atoms with E-state index >= 15 is 0 Å². The van der Waals surface area contributed by atoms with E-state index in [9.17, 15) is 19.2 Å². The number of ketones is 1. The fraction of sp³-hybridized carbons (Fsp3) is 0.429. The van der Waals surface area contributed by atoms with E-state index in [1.807, 2.05) is 13.0 Å². The van der Waals surface area contributed by atoms with Crippen molar-refractivity contribution in [2.24, 2.45) is 0 Å². The maximum absolute atomic E-state index is 13.0. The van der Waals surface area contributed by atoms with Crippen molar-refractivity contribution < 1.29 is 23.9 Å². The first-order valence-electron chi connectivity index (χ1n) is 9.49. The maximum atomic E-state index is 13.0. The van der Waals surface area contributed by atoms with Crippen LogP contribution < -0.4 is 0 Å². The largest absolute Gasteiger partial charge is 0.457 e. The first-order valence-corrected chi connectivity index (χ1v) is 10.4. The number of Topliss-reactive ketones (excluding diaryl/α,β-unsaturated/α-hetero) is 1. The Labute approximate surface area is 175 Å². The molecule has 1 heterocycles. The summed E-state index contributed by atoms with van der Waals surface area (Å²) in [5, 5.41) is 3.57. The molecule has 0 N–H and O–H groups in total. The molecule has 2 rings (SSSR count). The molecule has 0 saturated carbocycles. The van der Waals surface area contributed by atoms with Crippen molar-refractivity contribution in [3.63, 3.8) is 0 Å². The van der Waals surface area contributed by atoms with Gasteiger partial charge in [0.1, 0.15) is 6.04 Å². The highest BCUT2D eigenvalue weighted by atomic mass is 32.2. The molecule has 0 spiro atoms.